The van der Waals surface area contributed by atoms with Crippen LogP contribution in [0.25, 0.3) is 0 Å². The molecule has 1 N–H and O–H groups in total. The van der Waals surface area contributed by atoms with Crippen LogP contribution in [0.3, 0.4) is 0 Å². The van der Waals surface area contributed by atoms with E-state index in [1.807, 2.05) is 11.7 Å². The molecule has 0 saturated carbocycles. The molecule has 0 aliphatic heterocycles. The Morgan fingerprint density at radius 1 is 1.39 bits per heavy atom. The first-order chi connectivity index (χ1) is 8.33. The molecule has 0 aliphatic rings. The quantitative estimate of drug-likeness (QED) is 0.841. The molecule has 5 heteroatoms. The van der Waals surface area contributed by atoms with Crippen molar-refractivity contribution in [3.8, 4) is 0 Å². The smallest absolute Gasteiger partial charge is 0.138 e. The summed E-state index contributed by atoms with van der Waals surface area (Å²) in [7, 11) is 1.95. The predicted molar refractivity (Wildman–Crippen MR) is 72.7 cm³/mol. The van der Waals surface area contributed by atoms with Crippen molar-refractivity contribution in [1.29, 1.82) is 0 Å². The van der Waals surface area contributed by atoms with Crippen molar-refractivity contribution in [3.63, 3.8) is 0 Å². The van der Waals surface area contributed by atoms with Gasteiger partial charge in [0.15, 0.2) is 0 Å². The molecule has 1 heterocycles. The normalized spacial score (nSPS) is 14.2. The van der Waals surface area contributed by atoms with Crippen molar-refractivity contribution < 1.29 is 4.74 Å². The lowest BCUT2D eigenvalue weighted by Crippen LogP contribution is -2.37. The minimum absolute atomic E-state index is 0.110. The Labute approximate surface area is 110 Å². The molecule has 0 bridgehead atoms. The minimum Gasteiger partial charge on any atom is -0.374 e. The van der Waals surface area contributed by atoms with E-state index in [2.05, 4.69) is 50.0 Å². The van der Waals surface area contributed by atoms with Gasteiger partial charge in [-0.25, -0.2) is 9.67 Å². The van der Waals surface area contributed by atoms with Gasteiger partial charge in [-0.2, -0.15) is 5.10 Å². The Bertz CT molecular complexity index is 354. The maximum Gasteiger partial charge on any atom is 0.138 e. The summed E-state index contributed by atoms with van der Waals surface area (Å²) in [5.41, 5.74) is -0.110. The number of hydrogen-bond donors (Lipinski definition) is 1. The molecule has 0 fully saturated rings. The van der Waals surface area contributed by atoms with E-state index in [9.17, 15) is 0 Å². The van der Waals surface area contributed by atoms with Gasteiger partial charge in [0, 0.05) is 18.5 Å². The van der Waals surface area contributed by atoms with Crippen molar-refractivity contribution in [1.82, 2.24) is 20.1 Å². The van der Waals surface area contributed by atoms with E-state index < -0.39 is 0 Å². The highest BCUT2D eigenvalue weighted by Gasteiger charge is 2.17. The fourth-order valence-electron chi connectivity index (χ4n) is 1.67. The number of nitrogens with one attached hydrogen (secondary N) is 1. The molecule has 0 aliphatic carbocycles. The third-order valence-electron chi connectivity index (χ3n) is 2.69. The Kier molecular flexibility index (Phi) is 5.28. The highest BCUT2D eigenvalue weighted by molar-refractivity contribution is 4.91. The van der Waals surface area contributed by atoms with Crippen LogP contribution in [0.2, 0.25) is 0 Å². The Hall–Kier alpha value is -0.940. The van der Waals surface area contributed by atoms with Gasteiger partial charge in [-0.1, -0.05) is 0 Å². The summed E-state index contributed by atoms with van der Waals surface area (Å²) in [6, 6.07) is 0.592. The number of rotatable bonds is 6. The van der Waals surface area contributed by atoms with Gasteiger partial charge in [-0.15, -0.1) is 0 Å². The summed E-state index contributed by atoms with van der Waals surface area (Å²) in [6.07, 6.45) is 2.44. The number of nitrogens with zero attached hydrogens (tertiary/aromatic N) is 3. The lowest BCUT2D eigenvalue weighted by molar-refractivity contribution is -0.0138. The predicted octanol–water partition coefficient (Wildman–Crippen LogP) is 1.80. The molecule has 0 saturated heterocycles. The standard InChI is InChI=1S/C13H26N4O/c1-10(2)17-12(15-9-16-17)7-11(14-6)8-18-13(3,4)5/h9-11,14H,7-8H2,1-6H3. The SMILES string of the molecule is CNC(COC(C)(C)C)Cc1ncnn1C(C)C. The molecular weight excluding hydrogens is 228 g/mol. The highest BCUT2D eigenvalue weighted by Crippen LogP contribution is 2.11. The minimum atomic E-state index is -0.110. The molecule has 1 aromatic heterocycles. The van der Waals surface area contributed by atoms with Crippen LogP contribution < -0.4 is 5.32 Å². The van der Waals surface area contributed by atoms with Crippen LogP contribution in [-0.2, 0) is 11.2 Å². The molecule has 18 heavy (non-hydrogen) atoms. The molecule has 1 rings (SSSR count). The molecule has 1 unspecified atom stereocenters. The highest BCUT2D eigenvalue weighted by atomic mass is 16.5. The van der Waals surface area contributed by atoms with Crippen LogP contribution in [-0.4, -0.2) is 40.1 Å². The van der Waals surface area contributed by atoms with Gasteiger partial charge in [0.2, 0.25) is 0 Å². The third-order valence-corrected chi connectivity index (χ3v) is 2.69. The first-order valence-corrected chi connectivity index (χ1v) is 6.53. The van der Waals surface area contributed by atoms with Crippen molar-refractivity contribution in [3.05, 3.63) is 12.2 Å². The van der Waals surface area contributed by atoms with Crippen molar-refractivity contribution in [2.75, 3.05) is 13.7 Å². The molecule has 5 nitrogen and oxygen atoms in total. The second-order valence-corrected chi connectivity index (χ2v) is 5.83. The largest absolute Gasteiger partial charge is 0.374 e. The summed E-state index contributed by atoms with van der Waals surface area (Å²) >= 11 is 0. The summed E-state index contributed by atoms with van der Waals surface area (Å²) in [6.45, 7) is 11.1. The first kappa shape index (κ1) is 15.1. The molecular formula is C13H26N4O. The van der Waals surface area contributed by atoms with Gasteiger partial charge < -0.3 is 10.1 Å². The lowest BCUT2D eigenvalue weighted by Gasteiger charge is -2.24. The Balaban J connectivity index is 2.60. The van der Waals surface area contributed by atoms with Gasteiger partial charge in [0.05, 0.1) is 12.2 Å². The zero-order valence-electron chi connectivity index (χ0n) is 12.4. The number of aromatic nitrogens is 3. The Morgan fingerprint density at radius 2 is 2.06 bits per heavy atom. The van der Waals surface area contributed by atoms with Crippen LogP contribution in [0.15, 0.2) is 6.33 Å². The van der Waals surface area contributed by atoms with Crippen molar-refractivity contribution in [2.24, 2.45) is 0 Å². The van der Waals surface area contributed by atoms with E-state index in [1.54, 1.807) is 6.33 Å². The second-order valence-electron chi connectivity index (χ2n) is 5.83. The fourth-order valence-corrected chi connectivity index (χ4v) is 1.67. The zero-order valence-corrected chi connectivity index (χ0v) is 12.4. The summed E-state index contributed by atoms with van der Waals surface area (Å²) in [5, 5.41) is 7.52. The van der Waals surface area contributed by atoms with Crippen LogP contribution in [0.1, 0.15) is 46.5 Å². The number of hydrogen-bond acceptors (Lipinski definition) is 4. The summed E-state index contributed by atoms with van der Waals surface area (Å²) in [5.74, 6) is 1.00. The number of ether oxygens (including phenoxy) is 1. The van der Waals surface area contributed by atoms with Crippen molar-refractivity contribution >= 4 is 0 Å². The van der Waals surface area contributed by atoms with Gasteiger partial charge in [-0.05, 0) is 41.7 Å². The number of likely N-dealkylation sites (N-methyl/N-ethyl adjacent to an activating group) is 1. The van der Waals surface area contributed by atoms with Crippen LogP contribution >= 0.6 is 0 Å². The topological polar surface area (TPSA) is 52.0 Å². The maximum absolute atomic E-state index is 5.81. The molecule has 104 valence electrons. The third kappa shape index (κ3) is 4.74. The van der Waals surface area contributed by atoms with Gasteiger partial charge in [0.1, 0.15) is 12.2 Å². The van der Waals surface area contributed by atoms with Crippen LogP contribution in [0.4, 0.5) is 0 Å². The maximum atomic E-state index is 5.81. The molecule has 0 amide bonds. The van der Waals surface area contributed by atoms with E-state index in [4.69, 9.17) is 4.74 Å². The molecule has 0 radical (unpaired) electrons. The van der Waals surface area contributed by atoms with E-state index in [-0.39, 0.29) is 11.6 Å². The van der Waals surface area contributed by atoms with Crippen LogP contribution in [0, 0.1) is 0 Å². The van der Waals surface area contributed by atoms with E-state index in [1.165, 1.54) is 0 Å². The molecule has 0 aromatic carbocycles. The van der Waals surface area contributed by atoms with Crippen molar-refractivity contribution in [2.45, 2.75) is 58.7 Å². The second kappa shape index (κ2) is 6.29. The Morgan fingerprint density at radius 3 is 2.56 bits per heavy atom. The van der Waals surface area contributed by atoms with E-state index in [0.717, 1.165) is 12.2 Å². The van der Waals surface area contributed by atoms with Crippen LogP contribution in [0.5, 0.6) is 0 Å². The van der Waals surface area contributed by atoms with E-state index in [0.29, 0.717) is 12.6 Å². The summed E-state index contributed by atoms with van der Waals surface area (Å²) in [4.78, 5) is 4.33. The van der Waals surface area contributed by atoms with Gasteiger partial charge >= 0.3 is 0 Å². The van der Waals surface area contributed by atoms with E-state index >= 15 is 0 Å². The molecule has 1 aromatic rings. The zero-order chi connectivity index (χ0) is 13.8. The summed E-state index contributed by atoms with van der Waals surface area (Å²) < 4.78 is 7.77. The van der Waals surface area contributed by atoms with Gasteiger partial charge in [-0.3, -0.25) is 0 Å². The average Bonchev–Trinajstić information content (AvgIpc) is 2.70. The van der Waals surface area contributed by atoms with Gasteiger partial charge in [0.25, 0.3) is 0 Å². The molecule has 0 spiro atoms. The first-order valence-electron chi connectivity index (χ1n) is 6.53. The average molecular weight is 254 g/mol. The molecule has 1 atom stereocenters. The lowest BCUT2D eigenvalue weighted by atomic mass is 10.1. The fraction of sp³-hybridized carbons (Fsp3) is 0.846. The monoisotopic (exact) mass is 254 g/mol.